The molecule has 1 fully saturated rings. The van der Waals surface area contributed by atoms with Gasteiger partial charge in [0.05, 0.1) is 10.6 Å². The van der Waals surface area contributed by atoms with Crippen LogP contribution in [-0.4, -0.2) is 48.9 Å². The quantitative estimate of drug-likeness (QED) is 0.612. The molecule has 2 heterocycles. The molecule has 0 radical (unpaired) electrons. The van der Waals surface area contributed by atoms with Crippen molar-refractivity contribution in [3.63, 3.8) is 0 Å². The van der Waals surface area contributed by atoms with E-state index in [-0.39, 0.29) is 0 Å². The van der Waals surface area contributed by atoms with Crippen LogP contribution in [0.1, 0.15) is 11.1 Å². The standard InChI is InChI=1S/C22H23ClN4O2S/c1-16-13-21(17(2)12-19(16)23)30(28,29)27-10-8-26(9-11-27)22-14-20(24-15-25-22)18-6-4-3-5-7-18/h3-7,12-15H,8-11H2,1-2H3. The van der Waals surface area contributed by atoms with Crippen molar-refractivity contribution < 1.29 is 8.42 Å². The number of aryl methyl sites for hydroxylation is 2. The maximum Gasteiger partial charge on any atom is 0.243 e. The summed E-state index contributed by atoms with van der Waals surface area (Å²) < 4.78 is 27.9. The molecule has 2 aromatic carbocycles. The van der Waals surface area contributed by atoms with Gasteiger partial charge in [0.25, 0.3) is 0 Å². The van der Waals surface area contributed by atoms with E-state index in [9.17, 15) is 8.42 Å². The molecule has 8 heteroatoms. The lowest BCUT2D eigenvalue weighted by Gasteiger charge is -2.35. The molecule has 0 N–H and O–H groups in total. The van der Waals surface area contributed by atoms with Crippen LogP contribution in [0.2, 0.25) is 5.02 Å². The average molecular weight is 443 g/mol. The number of hydrogen-bond donors (Lipinski definition) is 0. The van der Waals surface area contributed by atoms with E-state index in [0.717, 1.165) is 22.6 Å². The predicted octanol–water partition coefficient (Wildman–Crippen LogP) is 3.92. The Hall–Kier alpha value is -2.48. The summed E-state index contributed by atoms with van der Waals surface area (Å²) in [5.41, 5.74) is 3.30. The summed E-state index contributed by atoms with van der Waals surface area (Å²) in [4.78, 5) is 11.2. The summed E-state index contributed by atoms with van der Waals surface area (Å²) in [5.74, 6) is 0.805. The summed E-state index contributed by atoms with van der Waals surface area (Å²) in [7, 11) is -3.57. The minimum Gasteiger partial charge on any atom is -0.354 e. The van der Waals surface area contributed by atoms with Gasteiger partial charge in [-0.1, -0.05) is 41.9 Å². The highest BCUT2D eigenvalue weighted by Gasteiger charge is 2.30. The van der Waals surface area contributed by atoms with E-state index < -0.39 is 10.0 Å². The zero-order valence-corrected chi connectivity index (χ0v) is 18.5. The van der Waals surface area contributed by atoms with E-state index in [1.807, 2.05) is 43.3 Å². The second kappa shape index (κ2) is 8.34. The summed E-state index contributed by atoms with van der Waals surface area (Å²) in [6.07, 6.45) is 1.56. The number of sulfonamides is 1. The van der Waals surface area contributed by atoms with Crippen LogP contribution >= 0.6 is 11.6 Å². The van der Waals surface area contributed by atoms with E-state index in [2.05, 4.69) is 14.9 Å². The maximum atomic E-state index is 13.2. The molecule has 0 bridgehead atoms. The van der Waals surface area contributed by atoms with Crippen molar-refractivity contribution in [3.8, 4) is 11.3 Å². The molecule has 1 aromatic heterocycles. The molecular weight excluding hydrogens is 420 g/mol. The third kappa shape index (κ3) is 4.05. The number of nitrogens with zero attached hydrogens (tertiary/aromatic N) is 4. The average Bonchev–Trinajstić information content (AvgIpc) is 2.77. The smallest absolute Gasteiger partial charge is 0.243 e. The van der Waals surface area contributed by atoms with Crippen LogP contribution in [0, 0.1) is 13.8 Å². The molecule has 0 unspecified atom stereocenters. The Balaban J connectivity index is 1.51. The van der Waals surface area contributed by atoms with Crippen LogP contribution in [0.3, 0.4) is 0 Å². The molecule has 0 spiro atoms. The topological polar surface area (TPSA) is 66.4 Å². The summed E-state index contributed by atoms with van der Waals surface area (Å²) in [6.45, 7) is 5.52. The Bertz CT molecular complexity index is 1160. The predicted molar refractivity (Wildman–Crippen MR) is 119 cm³/mol. The molecule has 4 rings (SSSR count). The van der Waals surface area contributed by atoms with Crippen molar-refractivity contribution in [2.75, 3.05) is 31.1 Å². The zero-order valence-electron chi connectivity index (χ0n) is 16.9. The molecular formula is C22H23ClN4O2S. The van der Waals surface area contributed by atoms with Gasteiger partial charge in [-0.2, -0.15) is 4.31 Å². The molecule has 0 amide bonds. The first kappa shape index (κ1) is 20.8. The number of halogens is 1. The first-order valence-electron chi connectivity index (χ1n) is 9.75. The fraction of sp³-hybridized carbons (Fsp3) is 0.273. The Morgan fingerprint density at radius 3 is 2.30 bits per heavy atom. The molecule has 1 saturated heterocycles. The summed E-state index contributed by atoms with van der Waals surface area (Å²) in [6, 6.07) is 15.3. The summed E-state index contributed by atoms with van der Waals surface area (Å²) >= 11 is 6.14. The Kier molecular flexibility index (Phi) is 5.77. The van der Waals surface area contributed by atoms with Gasteiger partial charge >= 0.3 is 0 Å². The van der Waals surface area contributed by atoms with Crippen LogP contribution < -0.4 is 4.90 Å². The van der Waals surface area contributed by atoms with E-state index in [4.69, 9.17) is 11.6 Å². The Morgan fingerprint density at radius 1 is 0.900 bits per heavy atom. The number of hydrogen-bond acceptors (Lipinski definition) is 5. The fourth-order valence-corrected chi connectivity index (χ4v) is 5.55. The number of aromatic nitrogens is 2. The van der Waals surface area contributed by atoms with Crippen molar-refractivity contribution in [2.24, 2.45) is 0 Å². The van der Waals surface area contributed by atoms with Crippen molar-refractivity contribution in [1.29, 1.82) is 0 Å². The molecule has 30 heavy (non-hydrogen) atoms. The number of piperazine rings is 1. The van der Waals surface area contributed by atoms with Gasteiger partial charge in [0, 0.05) is 42.8 Å². The van der Waals surface area contributed by atoms with Crippen LogP contribution in [0.5, 0.6) is 0 Å². The largest absolute Gasteiger partial charge is 0.354 e. The van der Waals surface area contributed by atoms with Gasteiger partial charge in [-0.05, 0) is 37.1 Å². The van der Waals surface area contributed by atoms with Crippen molar-refractivity contribution in [1.82, 2.24) is 14.3 Å². The third-order valence-electron chi connectivity index (χ3n) is 5.36. The number of anilines is 1. The second-order valence-electron chi connectivity index (χ2n) is 7.39. The van der Waals surface area contributed by atoms with Crippen LogP contribution in [0.25, 0.3) is 11.3 Å². The van der Waals surface area contributed by atoms with Crippen molar-refractivity contribution in [2.45, 2.75) is 18.7 Å². The SMILES string of the molecule is Cc1cc(S(=O)(=O)N2CCN(c3cc(-c4ccccc4)ncn3)CC2)c(C)cc1Cl. The van der Waals surface area contributed by atoms with E-state index in [0.29, 0.717) is 41.7 Å². The minimum atomic E-state index is -3.57. The highest BCUT2D eigenvalue weighted by Crippen LogP contribution is 2.28. The molecule has 6 nitrogen and oxygen atoms in total. The highest BCUT2D eigenvalue weighted by molar-refractivity contribution is 7.89. The lowest BCUT2D eigenvalue weighted by atomic mass is 10.1. The maximum absolute atomic E-state index is 13.2. The Labute approximate surface area is 182 Å². The van der Waals surface area contributed by atoms with Gasteiger partial charge in [0.15, 0.2) is 0 Å². The fourth-order valence-electron chi connectivity index (χ4n) is 3.62. The second-order valence-corrected chi connectivity index (χ2v) is 9.70. The summed E-state index contributed by atoms with van der Waals surface area (Å²) in [5, 5.41) is 0.578. The van der Waals surface area contributed by atoms with Gasteiger partial charge in [-0.15, -0.1) is 0 Å². The van der Waals surface area contributed by atoms with Crippen LogP contribution in [0.15, 0.2) is 59.8 Å². The lowest BCUT2D eigenvalue weighted by Crippen LogP contribution is -2.49. The van der Waals surface area contributed by atoms with Crippen molar-refractivity contribution in [3.05, 3.63) is 71.0 Å². The number of benzene rings is 2. The highest BCUT2D eigenvalue weighted by atomic mass is 35.5. The van der Waals surface area contributed by atoms with Crippen molar-refractivity contribution >= 4 is 27.4 Å². The molecule has 0 aliphatic carbocycles. The van der Waals surface area contributed by atoms with Gasteiger partial charge in [0.2, 0.25) is 10.0 Å². The van der Waals surface area contributed by atoms with Gasteiger partial charge in [0.1, 0.15) is 12.1 Å². The van der Waals surface area contributed by atoms with Crippen LogP contribution in [-0.2, 0) is 10.0 Å². The number of rotatable bonds is 4. The minimum absolute atomic E-state index is 0.325. The Morgan fingerprint density at radius 2 is 1.60 bits per heavy atom. The monoisotopic (exact) mass is 442 g/mol. The first-order valence-corrected chi connectivity index (χ1v) is 11.6. The van der Waals surface area contributed by atoms with E-state index >= 15 is 0 Å². The van der Waals surface area contributed by atoms with E-state index in [1.54, 1.807) is 29.7 Å². The molecule has 156 valence electrons. The molecule has 1 aliphatic rings. The zero-order chi connectivity index (χ0) is 21.3. The van der Waals surface area contributed by atoms with Crippen LogP contribution in [0.4, 0.5) is 5.82 Å². The lowest BCUT2D eigenvalue weighted by molar-refractivity contribution is 0.383. The van der Waals surface area contributed by atoms with Gasteiger partial charge in [-0.3, -0.25) is 0 Å². The van der Waals surface area contributed by atoms with Gasteiger partial charge in [-0.25, -0.2) is 18.4 Å². The first-order chi connectivity index (χ1) is 14.4. The molecule has 0 atom stereocenters. The molecule has 0 saturated carbocycles. The normalized spacial score (nSPS) is 15.4. The van der Waals surface area contributed by atoms with Gasteiger partial charge < -0.3 is 4.90 Å². The molecule has 3 aromatic rings. The third-order valence-corrected chi connectivity index (χ3v) is 7.81. The van der Waals surface area contributed by atoms with E-state index in [1.165, 1.54) is 0 Å². The molecule has 1 aliphatic heterocycles.